The Morgan fingerprint density at radius 3 is 2.57 bits per heavy atom. The highest BCUT2D eigenvalue weighted by atomic mass is 19.3. The highest BCUT2D eigenvalue weighted by Crippen LogP contribution is 2.23. The molecule has 2 N–H and O–H groups in total. The first-order chi connectivity index (χ1) is 10.5. The summed E-state index contributed by atoms with van der Waals surface area (Å²) in [6.07, 6.45) is -1.64. The summed E-state index contributed by atoms with van der Waals surface area (Å²) >= 11 is 0. The molecule has 0 aliphatic heterocycles. The van der Waals surface area contributed by atoms with Crippen molar-refractivity contribution in [2.45, 2.75) is 39.3 Å². The lowest BCUT2D eigenvalue weighted by Gasteiger charge is -2.27. The Kier molecular flexibility index (Phi) is 6.64. The van der Waals surface area contributed by atoms with Gasteiger partial charge in [0, 0.05) is 19.6 Å². The lowest BCUT2D eigenvalue weighted by Crippen LogP contribution is -2.47. The summed E-state index contributed by atoms with van der Waals surface area (Å²) < 4.78 is 27.7. The van der Waals surface area contributed by atoms with E-state index in [0.717, 1.165) is 6.20 Å². The van der Waals surface area contributed by atoms with Crippen LogP contribution in [-0.2, 0) is 6.54 Å². The van der Waals surface area contributed by atoms with E-state index in [-0.39, 0.29) is 23.7 Å². The zero-order valence-electron chi connectivity index (χ0n) is 14.3. The van der Waals surface area contributed by atoms with E-state index in [1.165, 1.54) is 4.68 Å². The third kappa shape index (κ3) is 5.87. The number of alkyl halides is 2. The van der Waals surface area contributed by atoms with Crippen molar-refractivity contribution in [2.75, 3.05) is 27.2 Å². The molecule has 23 heavy (non-hydrogen) atoms. The first kappa shape index (κ1) is 19.5. The highest BCUT2D eigenvalue weighted by molar-refractivity contribution is 5.95. The monoisotopic (exact) mass is 332 g/mol. The Morgan fingerprint density at radius 2 is 2.09 bits per heavy atom. The Bertz CT molecular complexity index is 528. The first-order valence-corrected chi connectivity index (χ1v) is 7.52. The van der Waals surface area contributed by atoms with Crippen LogP contribution in [0.3, 0.4) is 0 Å². The van der Waals surface area contributed by atoms with Crippen LogP contribution in [0.1, 0.15) is 43.2 Å². The Balaban J connectivity index is 2.86. The van der Waals surface area contributed by atoms with Gasteiger partial charge in [-0.1, -0.05) is 13.8 Å². The van der Waals surface area contributed by atoms with Crippen molar-refractivity contribution in [1.29, 1.82) is 0 Å². The number of amides is 1. The molecule has 0 spiro atoms. The minimum Gasteiger partial charge on any atom is -0.387 e. The Hall–Kier alpha value is -1.54. The molecule has 1 aromatic rings. The van der Waals surface area contributed by atoms with Crippen molar-refractivity contribution in [3.05, 3.63) is 17.5 Å². The smallest absolute Gasteiger partial charge is 0.280 e. The van der Waals surface area contributed by atoms with Crippen molar-refractivity contribution >= 4 is 5.91 Å². The molecule has 1 atom stereocenters. The molecule has 1 aromatic heterocycles. The van der Waals surface area contributed by atoms with E-state index < -0.39 is 17.9 Å². The van der Waals surface area contributed by atoms with Gasteiger partial charge in [-0.25, -0.2) is 8.78 Å². The average Bonchev–Trinajstić information content (AvgIpc) is 2.77. The van der Waals surface area contributed by atoms with E-state index in [1.54, 1.807) is 25.9 Å². The van der Waals surface area contributed by atoms with E-state index in [9.17, 15) is 18.7 Å². The summed E-state index contributed by atoms with van der Waals surface area (Å²) in [6, 6.07) is 0. The molecule has 0 aromatic carbocycles. The fourth-order valence-corrected chi connectivity index (χ4v) is 2.39. The van der Waals surface area contributed by atoms with Crippen LogP contribution in [0.4, 0.5) is 8.78 Å². The number of carbonyl (C=O) groups is 1. The molecule has 0 saturated heterocycles. The second kappa shape index (κ2) is 7.83. The maximum Gasteiger partial charge on any atom is 0.280 e. The number of aromatic nitrogens is 2. The first-order valence-electron chi connectivity index (χ1n) is 7.52. The molecular weight excluding hydrogens is 306 g/mol. The largest absolute Gasteiger partial charge is 0.387 e. The van der Waals surface area contributed by atoms with Crippen LogP contribution in [0.15, 0.2) is 6.20 Å². The maximum atomic E-state index is 13.3. The molecule has 1 amide bonds. The van der Waals surface area contributed by atoms with E-state index in [2.05, 4.69) is 10.4 Å². The summed E-state index contributed by atoms with van der Waals surface area (Å²) in [7, 11) is 3.59. The third-order valence-electron chi connectivity index (χ3n) is 3.16. The maximum absolute atomic E-state index is 13.3. The number of likely N-dealkylation sites (N-methyl/N-ethyl adjacent to an activating group) is 1. The topological polar surface area (TPSA) is 70.4 Å². The third-order valence-corrected chi connectivity index (χ3v) is 3.16. The van der Waals surface area contributed by atoms with Crippen molar-refractivity contribution < 1.29 is 18.7 Å². The van der Waals surface area contributed by atoms with Crippen molar-refractivity contribution in [1.82, 2.24) is 20.0 Å². The second-order valence-corrected chi connectivity index (χ2v) is 6.74. The molecule has 1 rings (SSSR count). The van der Waals surface area contributed by atoms with Crippen LogP contribution in [0.5, 0.6) is 0 Å². The van der Waals surface area contributed by atoms with Crippen LogP contribution in [0, 0.1) is 5.92 Å². The molecule has 0 bridgehead atoms. The van der Waals surface area contributed by atoms with Crippen molar-refractivity contribution in [3.63, 3.8) is 0 Å². The molecule has 6 nitrogen and oxygen atoms in total. The predicted molar refractivity (Wildman–Crippen MR) is 83.5 cm³/mol. The minimum absolute atomic E-state index is 0.0396. The van der Waals surface area contributed by atoms with E-state index in [1.807, 2.05) is 13.8 Å². The molecule has 0 radical (unpaired) electrons. The van der Waals surface area contributed by atoms with Gasteiger partial charge in [-0.05, 0) is 26.9 Å². The van der Waals surface area contributed by atoms with Crippen molar-refractivity contribution in [3.8, 4) is 0 Å². The number of carbonyl (C=O) groups excluding carboxylic acids is 1. The molecule has 0 aliphatic carbocycles. The quantitative estimate of drug-likeness (QED) is 0.757. The van der Waals surface area contributed by atoms with Gasteiger partial charge in [-0.3, -0.25) is 9.48 Å². The van der Waals surface area contributed by atoms with E-state index in [0.29, 0.717) is 13.1 Å². The van der Waals surface area contributed by atoms with Crippen LogP contribution in [0.25, 0.3) is 0 Å². The highest BCUT2D eigenvalue weighted by Gasteiger charge is 2.27. The lowest BCUT2D eigenvalue weighted by atomic mass is 10.1. The molecule has 1 unspecified atom stereocenters. The summed E-state index contributed by atoms with van der Waals surface area (Å²) in [4.78, 5) is 14.0. The van der Waals surface area contributed by atoms with Gasteiger partial charge in [0.25, 0.3) is 12.3 Å². The number of aliphatic hydroxyl groups is 1. The fourth-order valence-electron chi connectivity index (χ4n) is 2.39. The summed E-state index contributed by atoms with van der Waals surface area (Å²) in [6.45, 7) is 5.95. The Morgan fingerprint density at radius 1 is 1.48 bits per heavy atom. The number of halogens is 2. The number of rotatable bonds is 8. The molecule has 0 aliphatic rings. The molecular formula is C15H26F2N4O2. The summed E-state index contributed by atoms with van der Waals surface area (Å²) in [5.41, 5.74) is -1.69. The minimum atomic E-state index is -2.79. The van der Waals surface area contributed by atoms with Gasteiger partial charge >= 0.3 is 0 Å². The lowest BCUT2D eigenvalue weighted by molar-refractivity contribution is 0.0325. The summed E-state index contributed by atoms with van der Waals surface area (Å²) in [5.74, 6) is -0.529. The van der Waals surface area contributed by atoms with E-state index >= 15 is 0 Å². The fraction of sp³-hybridized carbons (Fsp3) is 0.733. The second-order valence-electron chi connectivity index (χ2n) is 6.74. The van der Waals surface area contributed by atoms with Gasteiger partial charge in [0.1, 0.15) is 5.69 Å². The molecule has 8 heteroatoms. The van der Waals surface area contributed by atoms with Gasteiger partial charge in [0.15, 0.2) is 0 Å². The average molecular weight is 332 g/mol. The number of hydrogen-bond acceptors (Lipinski definition) is 4. The molecule has 132 valence electrons. The normalized spacial score (nSPS) is 14.6. The van der Waals surface area contributed by atoms with Crippen LogP contribution in [-0.4, -0.2) is 58.5 Å². The zero-order valence-corrected chi connectivity index (χ0v) is 14.3. The van der Waals surface area contributed by atoms with Crippen molar-refractivity contribution in [2.24, 2.45) is 5.92 Å². The van der Waals surface area contributed by atoms with Gasteiger partial charge < -0.3 is 15.3 Å². The molecule has 0 saturated carbocycles. The van der Waals surface area contributed by atoms with E-state index in [4.69, 9.17) is 0 Å². The standard InChI is InChI=1S/C15H26F2N4O2/c1-10(2)7-21-12(13(16)17)11(6-19-21)14(22)18-8-15(3,23)9-20(4)5/h6,10,13,23H,7-9H2,1-5H3,(H,18,22). The van der Waals surface area contributed by atoms with Gasteiger partial charge in [0.05, 0.1) is 17.4 Å². The number of nitrogens with zero attached hydrogens (tertiary/aromatic N) is 3. The molecule has 0 fully saturated rings. The SMILES string of the molecule is CC(C)Cn1ncc(C(=O)NCC(C)(O)CN(C)C)c1C(F)F. The Labute approximate surface area is 135 Å². The van der Waals surface area contributed by atoms with Gasteiger partial charge in [0.2, 0.25) is 0 Å². The van der Waals surface area contributed by atoms with Gasteiger partial charge in [-0.2, -0.15) is 5.10 Å². The van der Waals surface area contributed by atoms with Crippen LogP contribution >= 0.6 is 0 Å². The number of hydrogen-bond donors (Lipinski definition) is 2. The summed E-state index contributed by atoms with van der Waals surface area (Å²) in [5, 5.41) is 16.6. The molecule has 1 heterocycles. The van der Waals surface area contributed by atoms with Gasteiger partial charge in [-0.15, -0.1) is 0 Å². The zero-order chi connectivity index (χ0) is 17.8. The van der Waals surface area contributed by atoms with Crippen LogP contribution < -0.4 is 5.32 Å². The predicted octanol–water partition coefficient (Wildman–Crippen LogP) is 1.52. The van der Waals surface area contributed by atoms with Crippen LogP contribution in [0.2, 0.25) is 0 Å². The number of nitrogens with one attached hydrogen (secondary N) is 1.